The van der Waals surface area contributed by atoms with Gasteiger partial charge in [-0.2, -0.15) is 0 Å². The number of hydrogen-bond acceptors (Lipinski definition) is 6. The van der Waals surface area contributed by atoms with Crippen molar-refractivity contribution in [3.8, 4) is 0 Å². The molecule has 0 radical (unpaired) electrons. The lowest BCUT2D eigenvalue weighted by molar-refractivity contribution is -0.169. The minimum absolute atomic E-state index is 0.0690. The highest BCUT2D eigenvalue weighted by atomic mass is 16.5. The summed E-state index contributed by atoms with van der Waals surface area (Å²) in [7, 11) is 1.43. The van der Waals surface area contributed by atoms with Gasteiger partial charge in [-0.05, 0) is 85.9 Å². The number of ketones is 1. The minimum atomic E-state index is -0.987. The molecule has 0 unspecified atom stereocenters. The van der Waals surface area contributed by atoms with Crippen LogP contribution in [0.5, 0.6) is 0 Å². The molecule has 0 bridgehead atoms. The molecule has 7 heteroatoms. The number of carboxylic acids is 1. The summed E-state index contributed by atoms with van der Waals surface area (Å²) in [5.74, 6) is 0.837. The van der Waals surface area contributed by atoms with Gasteiger partial charge in [0.25, 0.3) is 0 Å². The van der Waals surface area contributed by atoms with Crippen molar-refractivity contribution in [1.29, 1.82) is 0 Å². The molecule has 0 amide bonds. The molecule has 0 aromatic rings. The number of esters is 2. The first kappa shape index (κ1) is 26.2. The zero-order valence-corrected chi connectivity index (χ0v) is 21.7. The van der Waals surface area contributed by atoms with E-state index in [0.29, 0.717) is 42.3 Å². The van der Waals surface area contributed by atoms with Gasteiger partial charge in [-0.1, -0.05) is 20.8 Å². The van der Waals surface area contributed by atoms with Gasteiger partial charge in [-0.15, -0.1) is 0 Å². The minimum Gasteiger partial charge on any atom is -0.481 e. The summed E-state index contributed by atoms with van der Waals surface area (Å²) >= 11 is 0. The van der Waals surface area contributed by atoms with Crippen LogP contribution in [0.3, 0.4) is 0 Å². The summed E-state index contributed by atoms with van der Waals surface area (Å²) in [5, 5.41) is 8.81. The second-order valence-corrected chi connectivity index (χ2v) is 12.3. The number of ether oxygens (including phenoxy) is 2. The monoisotopic (exact) mass is 490 g/mol. The van der Waals surface area contributed by atoms with Crippen LogP contribution in [0.1, 0.15) is 91.4 Å². The van der Waals surface area contributed by atoms with Crippen molar-refractivity contribution < 1.29 is 33.8 Å². The number of rotatable bonds is 7. The molecular weight excluding hydrogens is 448 g/mol. The van der Waals surface area contributed by atoms with Crippen molar-refractivity contribution in [2.75, 3.05) is 7.11 Å². The lowest BCUT2D eigenvalue weighted by Gasteiger charge is -2.60. The fourth-order valence-corrected chi connectivity index (χ4v) is 8.92. The third-order valence-corrected chi connectivity index (χ3v) is 10.8. The van der Waals surface area contributed by atoms with Crippen molar-refractivity contribution in [3.63, 3.8) is 0 Å². The number of methoxy groups -OCH3 is 1. The molecular formula is C28H42O7. The second kappa shape index (κ2) is 9.85. The number of carbonyl (C=O) groups is 4. The highest BCUT2D eigenvalue weighted by Crippen LogP contribution is 2.67. The Hall–Kier alpha value is -1.92. The Morgan fingerprint density at radius 1 is 1.03 bits per heavy atom. The van der Waals surface area contributed by atoms with Crippen LogP contribution in [-0.2, 0) is 28.7 Å². The number of aliphatic carboxylic acids is 1. The Morgan fingerprint density at radius 3 is 2.46 bits per heavy atom. The molecule has 196 valence electrons. The predicted octanol–water partition coefficient (Wildman–Crippen LogP) is 4.80. The van der Waals surface area contributed by atoms with Gasteiger partial charge in [-0.25, -0.2) is 0 Å². The van der Waals surface area contributed by atoms with Gasteiger partial charge in [0, 0.05) is 18.3 Å². The highest BCUT2D eigenvalue weighted by molar-refractivity contribution is 5.87. The van der Waals surface area contributed by atoms with Gasteiger partial charge in [-0.3, -0.25) is 19.2 Å². The lowest BCUT2D eigenvalue weighted by Crippen LogP contribution is -2.57. The first-order chi connectivity index (χ1) is 16.5. The molecule has 0 aliphatic heterocycles. The van der Waals surface area contributed by atoms with E-state index in [-0.39, 0.29) is 47.6 Å². The first-order valence-electron chi connectivity index (χ1n) is 13.5. The SMILES string of the molecule is COC(=O)C[C@H](C)[C@H]1CC[C@H]2[C@@H]3CC[C@H]4C[C@@H](OC(=O)CCC(=O)O)CC[C@]4(C)[C@H]3CC(=O)[C@]12C. The molecule has 4 fully saturated rings. The van der Waals surface area contributed by atoms with Crippen molar-refractivity contribution in [2.45, 2.75) is 97.5 Å². The van der Waals surface area contributed by atoms with Crippen LogP contribution in [0.2, 0.25) is 0 Å². The summed E-state index contributed by atoms with van der Waals surface area (Å²) in [6, 6.07) is 0. The second-order valence-electron chi connectivity index (χ2n) is 12.3. The Bertz CT molecular complexity index is 867. The molecule has 7 nitrogen and oxygen atoms in total. The first-order valence-corrected chi connectivity index (χ1v) is 13.5. The van der Waals surface area contributed by atoms with E-state index >= 15 is 0 Å². The van der Waals surface area contributed by atoms with Gasteiger partial charge >= 0.3 is 17.9 Å². The zero-order chi connectivity index (χ0) is 25.5. The largest absolute Gasteiger partial charge is 0.481 e. The maximum atomic E-state index is 13.8. The van der Waals surface area contributed by atoms with Crippen LogP contribution in [0.25, 0.3) is 0 Å². The van der Waals surface area contributed by atoms with E-state index < -0.39 is 11.9 Å². The highest BCUT2D eigenvalue weighted by Gasteiger charge is 2.64. The number of carbonyl (C=O) groups excluding carboxylic acids is 3. The van der Waals surface area contributed by atoms with Crippen LogP contribution in [0, 0.1) is 46.3 Å². The third kappa shape index (κ3) is 4.64. The number of hydrogen-bond donors (Lipinski definition) is 1. The van der Waals surface area contributed by atoms with Crippen molar-refractivity contribution >= 4 is 23.7 Å². The Balaban J connectivity index is 1.45. The molecule has 0 aromatic carbocycles. The number of carboxylic acid groups (broad SMARTS) is 1. The molecule has 0 aromatic heterocycles. The lowest BCUT2D eigenvalue weighted by atomic mass is 9.44. The van der Waals surface area contributed by atoms with Crippen LogP contribution in [-0.4, -0.2) is 42.0 Å². The Morgan fingerprint density at radius 2 is 1.77 bits per heavy atom. The Labute approximate surface area is 208 Å². The third-order valence-electron chi connectivity index (χ3n) is 10.8. The van der Waals surface area contributed by atoms with Crippen LogP contribution in [0.4, 0.5) is 0 Å². The quantitative estimate of drug-likeness (QED) is 0.511. The molecule has 4 aliphatic carbocycles. The molecule has 1 N–H and O–H groups in total. The molecule has 0 saturated heterocycles. The van der Waals surface area contributed by atoms with Crippen molar-refractivity contribution in [1.82, 2.24) is 0 Å². The van der Waals surface area contributed by atoms with Crippen LogP contribution >= 0.6 is 0 Å². The smallest absolute Gasteiger partial charge is 0.306 e. The number of fused-ring (bicyclic) bond motifs is 5. The van der Waals surface area contributed by atoms with E-state index in [4.69, 9.17) is 14.6 Å². The maximum absolute atomic E-state index is 13.8. The summed E-state index contributed by atoms with van der Waals surface area (Å²) in [4.78, 5) is 48.6. The molecule has 0 heterocycles. The standard InChI is InChI=1S/C28H42O7/c1-16(13-26(33)34-4)20-7-8-21-19-6-5-17-14-18(35-25(32)10-9-24(30)31)11-12-27(17,2)22(19)15-23(29)28(20,21)3/h16-22H,5-15H2,1-4H3,(H,30,31)/t16-,17-,18-,19-,20+,21-,22-,27-,28+/m0/s1. The molecule has 4 saturated carbocycles. The summed E-state index contributed by atoms with van der Waals surface area (Å²) in [6.45, 7) is 6.65. The van der Waals surface area contributed by atoms with E-state index in [1.54, 1.807) is 0 Å². The van der Waals surface area contributed by atoms with E-state index in [9.17, 15) is 19.2 Å². The predicted molar refractivity (Wildman–Crippen MR) is 128 cm³/mol. The van der Waals surface area contributed by atoms with E-state index in [1.165, 1.54) is 7.11 Å². The van der Waals surface area contributed by atoms with Gasteiger partial charge in [0.15, 0.2) is 0 Å². The Kier molecular flexibility index (Phi) is 7.36. The molecule has 9 atom stereocenters. The average Bonchev–Trinajstić information content (AvgIpc) is 3.17. The van der Waals surface area contributed by atoms with Gasteiger partial charge in [0.05, 0.1) is 20.0 Å². The van der Waals surface area contributed by atoms with Crippen molar-refractivity contribution in [3.05, 3.63) is 0 Å². The van der Waals surface area contributed by atoms with E-state index in [0.717, 1.165) is 44.9 Å². The molecule has 35 heavy (non-hydrogen) atoms. The fraction of sp³-hybridized carbons (Fsp3) is 0.857. The molecule has 4 aliphatic rings. The summed E-state index contributed by atoms with van der Waals surface area (Å²) in [6.07, 6.45) is 7.36. The van der Waals surface area contributed by atoms with E-state index in [1.807, 2.05) is 0 Å². The normalized spacial score (nSPS) is 41.2. The van der Waals surface area contributed by atoms with Gasteiger partial charge in [0.1, 0.15) is 11.9 Å². The van der Waals surface area contributed by atoms with Crippen LogP contribution < -0.4 is 0 Å². The van der Waals surface area contributed by atoms with Crippen LogP contribution in [0.15, 0.2) is 0 Å². The summed E-state index contributed by atoms with van der Waals surface area (Å²) in [5.41, 5.74) is -0.283. The average molecular weight is 491 g/mol. The topological polar surface area (TPSA) is 107 Å². The fourth-order valence-electron chi connectivity index (χ4n) is 8.92. The zero-order valence-electron chi connectivity index (χ0n) is 21.7. The maximum Gasteiger partial charge on any atom is 0.306 e. The van der Waals surface area contributed by atoms with E-state index in [2.05, 4.69) is 20.8 Å². The number of Topliss-reactive ketones (excluding diaryl/α,β-unsaturated/α-hetero) is 1. The molecule has 4 rings (SSSR count). The van der Waals surface area contributed by atoms with Gasteiger partial charge in [0.2, 0.25) is 0 Å². The molecule has 0 spiro atoms. The summed E-state index contributed by atoms with van der Waals surface area (Å²) < 4.78 is 10.6. The van der Waals surface area contributed by atoms with Crippen molar-refractivity contribution in [2.24, 2.45) is 46.3 Å². The van der Waals surface area contributed by atoms with Gasteiger partial charge < -0.3 is 14.6 Å².